The Balaban J connectivity index is 1.79. The molecule has 1 aliphatic rings. The normalized spacial score (nSPS) is 13.0. The van der Waals surface area contributed by atoms with E-state index in [1.54, 1.807) is 30.5 Å². The van der Waals surface area contributed by atoms with Crippen LogP contribution in [0.2, 0.25) is 0 Å². The van der Waals surface area contributed by atoms with Gasteiger partial charge < -0.3 is 9.47 Å². The number of methoxy groups -OCH3 is 1. The molecule has 0 saturated heterocycles. The Bertz CT molecular complexity index is 1490. The Morgan fingerprint density at radius 1 is 1.00 bits per heavy atom. The van der Waals surface area contributed by atoms with E-state index in [0.29, 0.717) is 30.0 Å². The number of benzene rings is 3. The van der Waals surface area contributed by atoms with E-state index in [4.69, 9.17) is 4.74 Å². The van der Waals surface area contributed by atoms with Crippen LogP contribution in [0.25, 0.3) is 28.1 Å². The maximum atomic E-state index is 14.2. The van der Waals surface area contributed by atoms with Gasteiger partial charge >= 0.3 is 12.1 Å². The fourth-order valence-corrected chi connectivity index (χ4v) is 4.48. The highest BCUT2D eigenvalue weighted by Gasteiger charge is 2.40. The smallest absolute Gasteiger partial charge is 0.417 e. The number of alkyl halides is 3. The molecule has 1 aliphatic heterocycles. The minimum atomic E-state index is -4.90. The molecule has 4 aromatic rings. The van der Waals surface area contributed by atoms with E-state index in [2.05, 4.69) is 9.84 Å². The van der Waals surface area contributed by atoms with Crippen molar-refractivity contribution in [2.75, 3.05) is 13.7 Å². The molecule has 0 spiro atoms. The first-order valence-corrected chi connectivity index (χ1v) is 11.5. The van der Waals surface area contributed by atoms with E-state index >= 15 is 0 Å². The third-order valence-corrected chi connectivity index (χ3v) is 6.19. The van der Waals surface area contributed by atoms with E-state index in [9.17, 15) is 22.8 Å². The number of rotatable bonds is 5. The van der Waals surface area contributed by atoms with Gasteiger partial charge in [-0.1, -0.05) is 36.4 Å². The monoisotopic (exact) mass is 506 g/mol. The number of aryl methyl sites for hydroxylation is 1. The number of ketones is 1. The van der Waals surface area contributed by atoms with Crippen LogP contribution in [0.4, 0.5) is 13.2 Å². The van der Waals surface area contributed by atoms with Crippen molar-refractivity contribution in [2.45, 2.75) is 19.0 Å². The van der Waals surface area contributed by atoms with Crippen molar-refractivity contribution in [3.05, 3.63) is 89.6 Å². The zero-order chi connectivity index (χ0) is 26.2. The summed E-state index contributed by atoms with van der Waals surface area (Å²) in [5.74, 6) is -2.15. The lowest BCUT2D eigenvalue weighted by Crippen LogP contribution is -2.23. The van der Waals surface area contributed by atoms with Gasteiger partial charge in [0.1, 0.15) is 5.75 Å². The molecule has 0 saturated carbocycles. The predicted molar refractivity (Wildman–Crippen MR) is 130 cm³/mol. The molecule has 1 aromatic heterocycles. The van der Waals surface area contributed by atoms with E-state index in [0.717, 1.165) is 30.7 Å². The summed E-state index contributed by atoms with van der Waals surface area (Å²) in [7, 11) is 0.951. The molecule has 6 nitrogen and oxygen atoms in total. The fraction of sp³-hybridized carbons (Fsp3) is 0.179. The van der Waals surface area contributed by atoms with Crippen LogP contribution in [0.3, 0.4) is 0 Å². The molecule has 0 atom stereocenters. The van der Waals surface area contributed by atoms with Crippen molar-refractivity contribution in [1.82, 2.24) is 9.78 Å². The lowest BCUT2D eigenvalue weighted by atomic mass is 9.89. The molecule has 0 aliphatic carbocycles. The summed E-state index contributed by atoms with van der Waals surface area (Å²) < 4.78 is 54.1. The maximum Gasteiger partial charge on any atom is 0.417 e. The van der Waals surface area contributed by atoms with Crippen molar-refractivity contribution < 1.29 is 32.2 Å². The molecule has 0 bridgehead atoms. The van der Waals surface area contributed by atoms with Crippen molar-refractivity contribution in [1.29, 1.82) is 0 Å². The first kappa shape index (κ1) is 24.3. The number of carbonyl (C=O) groups excluding carboxylic acids is 2. The number of esters is 1. The van der Waals surface area contributed by atoms with Crippen molar-refractivity contribution in [3.63, 3.8) is 0 Å². The molecule has 0 fully saturated rings. The van der Waals surface area contributed by atoms with Gasteiger partial charge in [0.25, 0.3) is 5.78 Å². The van der Waals surface area contributed by atoms with Crippen LogP contribution in [0, 0.1) is 0 Å². The molecule has 0 amide bonds. The number of hydrogen-bond acceptors (Lipinski definition) is 5. The quantitative estimate of drug-likeness (QED) is 0.191. The van der Waals surface area contributed by atoms with Gasteiger partial charge in [0.05, 0.1) is 36.2 Å². The molecule has 0 unspecified atom stereocenters. The number of aromatic nitrogens is 2. The number of halogens is 3. The lowest BCUT2D eigenvalue weighted by molar-refractivity contribution is -0.138. The number of carbonyl (C=O) groups is 2. The van der Waals surface area contributed by atoms with Gasteiger partial charge in [-0.2, -0.15) is 18.3 Å². The number of ether oxygens (including phenoxy) is 2. The molecule has 0 N–H and O–H groups in total. The Hall–Kier alpha value is -4.40. The van der Waals surface area contributed by atoms with E-state index in [1.165, 1.54) is 10.7 Å². The van der Waals surface area contributed by atoms with E-state index < -0.39 is 29.1 Å². The van der Waals surface area contributed by atoms with Gasteiger partial charge in [-0.05, 0) is 54.3 Å². The highest BCUT2D eigenvalue weighted by molar-refractivity contribution is 6.42. The molecule has 37 heavy (non-hydrogen) atoms. The number of fused-ring (bicyclic) bond motifs is 1. The number of nitrogens with zero attached hydrogens (tertiary/aromatic N) is 2. The largest absolute Gasteiger partial charge is 0.493 e. The highest BCUT2D eigenvalue weighted by Crippen LogP contribution is 2.42. The molecular formula is C28H21F3N2O4. The molecule has 9 heteroatoms. The summed E-state index contributed by atoms with van der Waals surface area (Å²) in [6.07, 6.45) is -1.89. The fourth-order valence-electron chi connectivity index (χ4n) is 4.48. The Labute approximate surface area is 210 Å². The van der Waals surface area contributed by atoms with Crippen molar-refractivity contribution >= 4 is 11.8 Å². The minimum Gasteiger partial charge on any atom is -0.493 e. The van der Waals surface area contributed by atoms with Gasteiger partial charge in [0.2, 0.25) is 0 Å². The summed E-state index contributed by atoms with van der Waals surface area (Å²) in [6, 6.07) is 18.0. The highest BCUT2D eigenvalue weighted by atomic mass is 19.4. The lowest BCUT2D eigenvalue weighted by Gasteiger charge is -2.22. The van der Waals surface area contributed by atoms with E-state index in [1.807, 2.05) is 30.3 Å². The first-order valence-electron chi connectivity index (χ1n) is 11.5. The van der Waals surface area contributed by atoms with Crippen molar-refractivity contribution in [2.24, 2.45) is 0 Å². The Morgan fingerprint density at radius 3 is 2.51 bits per heavy atom. The molecular weight excluding hydrogens is 485 g/mol. The van der Waals surface area contributed by atoms with E-state index in [-0.39, 0.29) is 11.3 Å². The summed E-state index contributed by atoms with van der Waals surface area (Å²) in [5, 5.41) is 4.56. The molecule has 0 radical (unpaired) electrons. The second-order valence-electron chi connectivity index (χ2n) is 8.49. The van der Waals surface area contributed by atoms with Crippen LogP contribution in [0.1, 0.15) is 27.9 Å². The summed E-state index contributed by atoms with van der Waals surface area (Å²) in [6.45, 7) is 0.544. The van der Waals surface area contributed by atoms with Gasteiger partial charge in [-0.15, -0.1) is 0 Å². The minimum absolute atomic E-state index is 0.0682. The molecule has 188 valence electrons. The summed E-state index contributed by atoms with van der Waals surface area (Å²) in [4.78, 5) is 25.4. The molecule has 5 rings (SSSR count). The maximum absolute atomic E-state index is 14.2. The van der Waals surface area contributed by atoms with Crippen LogP contribution >= 0.6 is 0 Å². The zero-order valence-electron chi connectivity index (χ0n) is 19.7. The van der Waals surface area contributed by atoms with Crippen LogP contribution < -0.4 is 4.74 Å². The third kappa shape index (κ3) is 4.60. The standard InChI is InChI=1S/C28H21F3N2O4/c1-36-27(35)26(34)25-20(28(29,30)31)10-11-22(33-14-13-21(32-33)17-6-3-2-4-7-17)24(25)19-9-12-23-18(16-19)8-5-15-37-23/h2-4,6-7,9-14,16H,5,8,15H2,1H3. The van der Waals surface area contributed by atoms with Crippen LogP contribution in [-0.4, -0.2) is 35.2 Å². The molecule has 3 aromatic carbocycles. The summed E-state index contributed by atoms with van der Waals surface area (Å²) >= 11 is 0. The summed E-state index contributed by atoms with van der Waals surface area (Å²) in [5.41, 5.74) is 0.651. The average Bonchev–Trinajstić information content (AvgIpc) is 3.41. The first-order chi connectivity index (χ1) is 17.8. The molecule has 2 heterocycles. The number of hydrogen-bond donors (Lipinski definition) is 0. The second-order valence-corrected chi connectivity index (χ2v) is 8.49. The van der Waals surface area contributed by atoms with Gasteiger partial charge in [0.15, 0.2) is 0 Å². The average molecular weight is 506 g/mol. The van der Waals surface area contributed by atoms with Gasteiger partial charge in [-0.3, -0.25) is 4.79 Å². The zero-order valence-corrected chi connectivity index (χ0v) is 19.7. The Kier molecular flexibility index (Phi) is 6.29. The topological polar surface area (TPSA) is 70.4 Å². The van der Waals surface area contributed by atoms with Gasteiger partial charge in [-0.25, -0.2) is 9.48 Å². The SMILES string of the molecule is COC(=O)C(=O)c1c(C(F)(F)F)ccc(-n2ccc(-c3ccccc3)n2)c1-c1ccc2c(c1)CCCO2. The van der Waals surface area contributed by atoms with Gasteiger partial charge in [0, 0.05) is 17.3 Å². The Morgan fingerprint density at radius 2 is 1.78 bits per heavy atom. The van der Waals surface area contributed by atoms with Crippen LogP contribution in [-0.2, 0) is 22.1 Å². The second kappa shape index (κ2) is 9.57. The van der Waals surface area contributed by atoms with Crippen molar-refractivity contribution in [3.8, 4) is 33.8 Å². The van der Waals surface area contributed by atoms with Crippen LogP contribution in [0.15, 0.2) is 72.9 Å². The number of Topliss-reactive ketones (excluding diaryl/α,β-unsaturated/α-hetero) is 1. The predicted octanol–water partition coefficient (Wildman–Crippen LogP) is 5.91. The third-order valence-electron chi connectivity index (χ3n) is 6.19. The van der Waals surface area contributed by atoms with Crippen LogP contribution in [0.5, 0.6) is 5.75 Å².